The molecule has 4 N–H and O–H groups in total. The van der Waals surface area contributed by atoms with E-state index >= 15 is 0 Å². The van der Waals surface area contributed by atoms with E-state index in [4.69, 9.17) is 21.1 Å². The first kappa shape index (κ1) is 25.4. The van der Waals surface area contributed by atoms with Crippen molar-refractivity contribution < 1.29 is 14.3 Å². The Labute approximate surface area is 224 Å². The van der Waals surface area contributed by atoms with Gasteiger partial charge in [-0.05, 0) is 61.7 Å². The van der Waals surface area contributed by atoms with Crippen molar-refractivity contribution in [3.63, 3.8) is 0 Å². The number of halogens is 1. The van der Waals surface area contributed by atoms with Crippen molar-refractivity contribution in [2.75, 3.05) is 43.3 Å². The normalized spacial score (nSPS) is 13.7. The van der Waals surface area contributed by atoms with Crippen molar-refractivity contribution in [2.45, 2.75) is 18.8 Å². The number of anilines is 5. The second-order valence-electron chi connectivity index (χ2n) is 8.65. The van der Waals surface area contributed by atoms with E-state index in [1.54, 1.807) is 25.4 Å². The van der Waals surface area contributed by atoms with Gasteiger partial charge in [0.1, 0.15) is 16.3 Å². The van der Waals surface area contributed by atoms with Gasteiger partial charge in [-0.25, -0.2) is 9.78 Å². The SMILES string of the molecule is COC(=O)Nc1c(Nc2nc(Nc3ccc(C4CCNCC4)cc3OC)ncc2Cl)ccc2nccnc12. The highest BCUT2D eigenvalue weighted by Crippen LogP contribution is 2.36. The van der Waals surface area contributed by atoms with Gasteiger partial charge in [-0.1, -0.05) is 17.7 Å². The van der Waals surface area contributed by atoms with Crippen molar-refractivity contribution in [1.29, 1.82) is 0 Å². The molecular weight excluding hydrogens is 508 g/mol. The Bertz CT molecular complexity index is 1460. The smallest absolute Gasteiger partial charge is 0.411 e. The number of rotatable bonds is 7. The molecule has 0 unspecified atom stereocenters. The summed E-state index contributed by atoms with van der Waals surface area (Å²) in [5.41, 5.74) is 3.93. The van der Waals surface area contributed by atoms with E-state index in [0.717, 1.165) is 31.6 Å². The Morgan fingerprint density at radius 1 is 1.03 bits per heavy atom. The molecular formula is C26H27ClN8O3. The first-order chi connectivity index (χ1) is 18.6. The Kier molecular flexibility index (Phi) is 7.66. The summed E-state index contributed by atoms with van der Waals surface area (Å²) in [4.78, 5) is 29.6. The third-order valence-electron chi connectivity index (χ3n) is 6.33. The van der Waals surface area contributed by atoms with Crippen molar-refractivity contribution in [1.82, 2.24) is 25.3 Å². The molecule has 0 aliphatic carbocycles. The highest BCUT2D eigenvalue weighted by molar-refractivity contribution is 6.33. The number of carbonyl (C=O) groups excluding carboxylic acids is 1. The summed E-state index contributed by atoms with van der Waals surface area (Å²) >= 11 is 6.43. The lowest BCUT2D eigenvalue weighted by Crippen LogP contribution is -2.26. The molecule has 2 aromatic carbocycles. The van der Waals surface area contributed by atoms with Crippen LogP contribution in [0.1, 0.15) is 24.3 Å². The second kappa shape index (κ2) is 11.4. The molecule has 12 heteroatoms. The minimum Gasteiger partial charge on any atom is -0.495 e. The van der Waals surface area contributed by atoms with Crippen molar-refractivity contribution >= 4 is 57.6 Å². The first-order valence-electron chi connectivity index (χ1n) is 12.1. The van der Waals surface area contributed by atoms with E-state index < -0.39 is 6.09 Å². The number of methoxy groups -OCH3 is 2. The average Bonchev–Trinajstić information content (AvgIpc) is 2.96. The zero-order chi connectivity index (χ0) is 26.5. The number of fused-ring (bicyclic) bond motifs is 1. The van der Waals surface area contributed by atoms with E-state index in [0.29, 0.717) is 45.8 Å². The Morgan fingerprint density at radius 3 is 2.61 bits per heavy atom. The maximum atomic E-state index is 12.1. The van der Waals surface area contributed by atoms with E-state index in [9.17, 15) is 4.79 Å². The number of hydrogen-bond acceptors (Lipinski definition) is 10. The molecule has 0 atom stereocenters. The largest absolute Gasteiger partial charge is 0.495 e. The second-order valence-corrected chi connectivity index (χ2v) is 9.06. The standard InChI is InChI=1S/C26H27ClN8O3/c1-37-21-13-16(15-7-9-28-10-8-15)3-4-18(21)33-25-31-14-17(27)24(35-25)32-20-6-5-19-22(30-12-11-29-19)23(20)34-26(36)38-2/h3-6,11-15,28H,7-10H2,1-2H3,(H,34,36)(H2,31,32,33,35). The monoisotopic (exact) mass is 534 g/mol. The van der Waals surface area contributed by atoms with Crippen LogP contribution < -0.4 is 26.0 Å². The van der Waals surface area contributed by atoms with Crippen LogP contribution in [-0.4, -0.2) is 53.3 Å². The van der Waals surface area contributed by atoms with Crippen molar-refractivity contribution in [2.24, 2.45) is 0 Å². The minimum atomic E-state index is -0.651. The lowest BCUT2D eigenvalue weighted by molar-refractivity contribution is 0.187. The summed E-state index contributed by atoms with van der Waals surface area (Å²) in [6, 6.07) is 9.67. The number of ether oxygens (including phenoxy) is 2. The quantitative estimate of drug-likeness (QED) is 0.250. The van der Waals surface area contributed by atoms with E-state index in [2.05, 4.69) is 53.3 Å². The molecule has 0 bridgehead atoms. The van der Waals surface area contributed by atoms with Crippen LogP contribution in [0, 0.1) is 0 Å². The molecule has 1 aliphatic heterocycles. The maximum absolute atomic E-state index is 12.1. The number of nitrogens with one attached hydrogen (secondary N) is 4. The van der Waals surface area contributed by atoms with Gasteiger partial charge in [0.05, 0.1) is 43.0 Å². The van der Waals surface area contributed by atoms with Gasteiger partial charge in [-0.3, -0.25) is 15.3 Å². The molecule has 1 saturated heterocycles. The summed E-state index contributed by atoms with van der Waals surface area (Å²) in [6.45, 7) is 2.03. The molecule has 11 nitrogen and oxygen atoms in total. The zero-order valence-electron chi connectivity index (χ0n) is 20.9. The molecule has 0 spiro atoms. The van der Waals surface area contributed by atoms with Crippen LogP contribution in [-0.2, 0) is 4.74 Å². The molecule has 2 aromatic heterocycles. The topological polar surface area (TPSA) is 135 Å². The van der Waals surface area contributed by atoms with Gasteiger partial charge in [-0.2, -0.15) is 4.98 Å². The molecule has 1 amide bonds. The van der Waals surface area contributed by atoms with Gasteiger partial charge in [0, 0.05) is 12.4 Å². The summed E-state index contributed by atoms with van der Waals surface area (Å²) in [5.74, 6) is 1.84. The van der Waals surface area contributed by atoms with Gasteiger partial charge in [0.2, 0.25) is 5.95 Å². The number of amides is 1. The summed E-state index contributed by atoms with van der Waals surface area (Å²) < 4.78 is 10.4. The van der Waals surface area contributed by atoms with E-state index in [1.807, 2.05) is 6.07 Å². The Balaban J connectivity index is 1.43. The first-order valence-corrected chi connectivity index (χ1v) is 12.5. The molecule has 5 rings (SSSR count). The number of aromatic nitrogens is 4. The fraction of sp³-hybridized carbons (Fsp3) is 0.269. The summed E-state index contributed by atoms with van der Waals surface area (Å²) in [7, 11) is 2.92. The van der Waals surface area contributed by atoms with Crippen LogP contribution in [0.15, 0.2) is 48.9 Å². The maximum Gasteiger partial charge on any atom is 0.411 e. The van der Waals surface area contributed by atoms with Crippen LogP contribution >= 0.6 is 11.6 Å². The molecule has 38 heavy (non-hydrogen) atoms. The van der Waals surface area contributed by atoms with Gasteiger partial charge in [0.25, 0.3) is 0 Å². The molecule has 0 radical (unpaired) electrons. The average molecular weight is 535 g/mol. The van der Waals surface area contributed by atoms with Crippen molar-refractivity contribution in [3.8, 4) is 5.75 Å². The molecule has 4 aromatic rings. The summed E-state index contributed by atoms with van der Waals surface area (Å²) in [6.07, 6.45) is 6.14. The molecule has 0 saturated carbocycles. The van der Waals surface area contributed by atoms with Crippen LogP contribution in [0.5, 0.6) is 5.75 Å². The highest BCUT2D eigenvalue weighted by Gasteiger charge is 2.18. The van der Waals surface area contributed by atoms with E-state index in [1.165, 1.54) is 25.1 Å². The van der Waals surface area contributed by atoms with Crippen LogP contribution in [0.4, 0.5) is 33.6 Å². The third kappa shape index (κ3) is 5.53. The number of benzene rings is 2. The minimum absolute atomic E-state index is 0.284. The predicted molar refractivity (Wildman–Crippen MR) is 147 cm³/mol. The van der Waals surface area contributed by atoms with E-state index in [-0.39, 0.29) is 5.02 Å². The molecule has 3 heterocycles. The number of nitrogens with zero attached hydrogens (tertiary/aromatic N) is 4. The number of piperidine rings is 1. The lowest BCUT2D eigenvalue weighted by Gasteiger charge is -2.24. The summed E-state index contributed by atoms with van der Waals surface area (Å²) in [5, 5.41) is 12.8. The van der Waals surface area contributed by atoms with Crippen molar-refractivity contribution in [3.05, 3.63) is 59.5 Å². The van der Waals surface area contributed by atoms with Gasteiger partial charge in [-0.15, -0.1) is 0 Å². The lowest BCUT2D eigenvalue weighted by atomic mass is 9.90. The van der Waals surface area contributed by atoms with Gasteiger partial charge < -0.3 is 25.4 Å². The van der Waals surface area contributed by atoms with Crippen LogP contribution in [0.3, 0.4) is 0 Å². The fourth-order valence-corrected chi connectivity index (χ4v) is 4.54. The van der Waals surface area contributed by atoms with Crippen LogP contribution in [0.2, 0.25) is 5.02 Å². The fourth-order valence-electron chi connectivity index (χ4n) is 4.40. The van der Waals surface area contributed by atoms with Crippen LogP contribution in [0.25, 0.3) is 11.0 Å². The predicted octanol–water partition coefficient (Wildman–Crippen LogP) is 5.21. The van der Waals surface area contributed by atoms with Gasteiger partial charge in [0.15, 0.2) is 5.82 Å². The number of carbonyl (C=O) groups is 1. The molecule has 196 valence electrons. The third-order valence-corrected chi connectivity index (χ3v) is 6.61. The number of hydrogen-bond donors (Lipinski definition) is 4. The highest BCUT2D eigenvalue weighted by atomic mass is 35.5. The molecule has 1 aliphatic rings. The molecule has 1 fully saturated rings. The Hall–Kier alpha value is -4.22. The van der Waals surface area contributed by atoms with Gasteiger partial charge >= 0.3 is 6.09 Å². The Morgan fingerprint density at radius 2 is 1.82 bits per heavy atom. The zero-order valence-corrected chi connectivity index (χ0v) is 21.7.